The van der Waals surface area contributed by atoms with E-state index in [-0.39, 0.29) is 37.6 Å². The molecule has 2 rings (SSSR count). The van der Waals surface area contributed by atoms with Gasteiger partial charge in [0.2, 0.25) is 10.0 Å². The monoisotopic (exact) mass is 358 g/mol. The second-order valence-electron chi connectivity index (χ2n) is 5.92. The number of benzene rings is 1. The Morgan fingerprint density at radius 3 is 2.27 bits per heavy atom. The lowest BCUT2D eigenvalue weighted by atomic mass is 9.81. The maximum absolute atomic E-state index is 13.7. The van der Waals surface area contributed by atoms with Gasteiger partial charge in [0, 0.05) is 25.2 Å². The molecule has 1 aliphatic heterocycles. The molecule has 1 fully saturated rings. The van der Waals surface area contributed by atoms with Gasteiger partial charge in [-0.25, -0.2) is 21.6 Å². The minimum absolute atomic E-state index is 0. The molecule has 2 N–H and O–H groups in total. The molecule has 0 spiro atoms. The van der Waals surface area contributed by atoms with Crippen molar-refractivity contribution in [3.05, 3.63) is 29.6 Å². The lowest BCUT2D eigenvalue weighted by molar-refractivity contribution is 0.155. The van der Waals surface area contributed by atoms with Crippen LogP contribution in [-0.2, 0) is 10.0 Å². The van der Waals surface area contributed by atoms with Crippen LogP contribution in [0, 0.1) is 22.9 Å². The van der Waals surface area contributed by atoms with Crippen LogP contribution in [0.15, 0.2) is 17.0 Å². The summed E-state index contributed by atoms with van der Waals surface area (Å²) in [6, 6.07) is 0.434. The van der Waals surface area contributed by atoms with Crippen molar-refractivity contribution in [1.82, 2.24) is 4.31 Å². The van der Waals surface area contributed by atoms with Gasteiger partial charge in [-0.3, -0.25) is 0 Å². The van der Waals surface area contributed by atoms with Gasteiger partial charge >= 0.3 is 0 Å². The molecule has 1 atom stereocenters. The second-order valence-corrected chi connectivity index (χ2v) is 7.83. The number of piperidine rings is 1. The molecule has 0 aromatic heterocycles. The van der Waals surface area contributed by atoms with Gasteiger partial charge in [0.15, 0.2) is 11.6 Å². The number of rotatable bonds is 2. The van der Waals surface area contributed by atoms with E-state index in [1.165, 1.54) is 0 Å². The van der Waals surface area contributed by atoms with E-state index < -0.39 is 37.8 Å². The predicted molar refractivity (Wildman–Crippen MR) is 78.7 cm³/mol. The van der Waals surface area contributed by atoms with Crippen LogP contribution in [-0.4, -0.2) is 31.9 Å². The molecule has 126 valence electrons. The molecule has 1 aromatic carbocycles. The van der Waals surface area contributed by atoms with Crippen molar-refractivity contribution in [2.24, 2.45) is 11.1 Å². The van der Waals surface area contributed by atoms with Crippen molar-refractivity contribution in [2.75, 3.05) is 13.1 Å². The highest BCUT2D eigenvalue weighted by molar-refractivity contribution is 7.89. The van der Waals surface area contributed by atoms with Crippen LogP contribution in [0.3, 0.4) is 0 Å². The third kappa shape index (κ3) is 3.40. The Morgan fingerprint density at radius 2 is 1.73 bits per heavy atom. The maximum atomic E-state index is 13.7. The van der Waals surface area contributed by atoms with E-state index in [1.807, 2.05) is 0 Å². The van der Waals surface area contributed by atoms with E-state index in [4.69, 9.17) is 5.73 Å². The van der Waals surface area contributed by atoms with Gasteiger partial charge in [-0.05, 0) is 17.9 Å². The summed E-state index contributed by atoms with van der Waals surface area (Å²) in [6.45, 7) is 3.82. The van der Waals surface area contributed by atoms with Crippen molar-refractivity contribution in [3.8, 4) is 0 Å². The molecule has 1 unspecified atom stereocenters. The average Bonchev–Trinajstić information content (AvgIpc) is 2.36. The minimum Gasteiger partial charge on any atom is -0.327 e. The topological polar surface area (TPSA) is 63.4 Å². The molecular formula is C13H18ClF3N2O2S. The molecule has 9 heteroatoms. The third-order valence-corrected chi connectivity index (χ3v) is 5.73. The summed E-state index contributed by atoms with van der Waals surface area (Å²) in [5.74, 6) is -4.13. The van der Waals surface area contributed by atoms with E-state index in [2.05, 4.69) is 0 Å². The smallest absolute Gasteiger partial charge is 0.246 e. The van der Waals surface area contributed by atoms with Gasteiger partial charge in [0.1, 0.15) is 10.7 Å². The van der Waals surface area contributed by atoms with Crippen LogP contribution >= 0.6 is 12.4 Å². The fourth-order valence-corrected chi connectivity index (χ4v) is 4.06. The molecule has 0 amide bonds. The number of sulfonamides is 1. The number of hydrogen-bond acceptors (Lipinski definition) is 3. The molecule has 22 heavy (non-hydrogen) atoms. The van der Waals surface area contributed by atoms with Gasteiger partial charge in [0.05, 0.1) is 0 Å². The minimum atomic E-state index is -4.23. The Balaban J connectivity index is 0.00000242. The highest BCUT2D eigenvalue weighted by Crippen LogP contribution is 2.32. The van der Waals surface area contributed by atoms with Crippen molar-refractivity contribution in [1.29, 1.82) is 0 Å². The molecule has 1 aliphatic rings. The van der Waals surface area contributed by atoms with Crippen molar-refractivity contribution < 1.29 is 21.6 Å². The van der Waals surface area contributed by atoms with Gasteiger partial charge < -0.3 is 5.73 Å². The van der Waals surface area contributed by atoms with Crippen LogP contribution < -0.4 is 5.73 Å². The first-order chi connectivity index (χ1) is 9.55. The van der Waals surface area contributed by atoms with E-state index >= 15 is 0 Å². The van der Waals surface area contributed by atoms with Crippen molar-refractivity contribution in [3.63, 3.8) is 0 Å². The molecule has 0 saturated carbocycles. The van der Waals surface area contributed by atoms with E-state index in [9.17, 15) is 21.6 Å². The van der Waals surface area contributed by atoms with Gasteiger partial charge in [-0.1, -0.05) is 13.8 Å². The molecule has 0 radical (unpaired) electrons. The van der Waals surface area contributed by atoms with Gasteiger partial charge in [-0.2, -0.15) is 4.31 Å². The average molecular weight is 359 g/mol. The largest absolute Gasteiger partial charge is 0.327 e. The van der Waals surface area contributed by atoms with Crippen molar-refractivity contribution in [2.45, 2.75) is 31.2 Å². The van der Waals surface area contributed by atoms with Crippen LogP contribution in [0.5, 0.6) is 0 Å². The molecule has 1 heterocycles. The summed E-state index contributed by atoms with van der Waals surface area (Å²) in [7, 11) is -4.23. The van der Waals surface area contributed by atoms with Crippen molar-refractivity contribution >= 4 is 22.4 Å². The highest BCUT2D eigenvalue weighted by Gasteiger charge is 2.39. The van der Waals surface area contributed by atoms with Crippen LogP contribution in [0.25, 0.3) is 0 Å². The summed E-state index contributed by atoms with van der Waals surface area (Å²) < 4.78 is 65.8. The third-order valence-electron chi connectivity index (χ3n) is 3.87. The fraction of sp³-hybridized carbons (Fsp3) is 0.538. The molecule has 1 aromatic rings. The highest BCUT2D eigenvalue weighted by atomic mass is 35.5. The van der Waals surface area contributed by atoms with Gasteiger partial charge in [0.25, 0.3) is 0 Å². The summed E-state index contributed by atoms with van der Waals surface area (Å²) in [6.07, 6.45) is 0.414. The Labute approximate surface area is 133 Å². The van der Waals surface area contributed by atoms with Crippen LogP contribution in [0.1, 0.15) is 20.3 Å². The Bertz CT molecular complexity index is 667. The summed E-state index contributed by atoms with van der Waals surface area (Å²) >= 11 is 0. The Kier molecular flexibility index (Phi) is 5.55. The number of hydrogen-bond donors (Lipinski definition) is 1. The first-order valence-corrected chi connectivity index (χ1v) is 7.90. The molecule has 0 bridgehead atoms. The maximum Gasteiger partial charge on any atom is 0.246 e. The number of nitrogens with zero attached hydrogens (tertiary/aromatic N) is 1. The fourth-order valence-electron chi connectivity index (χ4n) is 2.37. The molecule has 4 nitrogen and oxygen atoms in total. The standard InChI is InChI=1S/C13H17F3N2O2S.ClH/c1-13(2)7-18(4-3-12(13)17)21(19,20)11-6-9(15)8(14)5-10(11)16;/h5-6,12H,3-4,7,17H2,1-2H3;1H. The second kappa shape index (κ2) is 6.35. The normalized spacial score (nSPS) is 22.2. The zero-order valence-electron chi connectivity index (χ0n) is 12.1. The van der Waals surface area contributed by atoms with Crippen LogP contribution in [0.2, 0.25) is 0 Å². The molecule has 0 aliphatic carbocycles. The summed E-state index contributed by atoms with van der Waals surface area (Å²) in [4.78, 5) is -0.854. The SMILES string of the molecule is CC1(C)CN(S(=O)(=O)c2cc(F)c(F)cc2F)CCC1N.Cl. The summed E-state index contributed by atoms with van der Waals surface area (Å²) in [5, 5.41) is 0. The zero-order chi connectivity index (χ0) is 16.0. The number of nitrogens with two attached hydrogens (primary N) is 1. The van der Waals surface area contributed by atoms with E-state index in [0.717, 1.165) is 4.31 Å². The Morgan fingerprint density at radius 1 is 1.18 bits per heavy atom. The van der Waals surface area contributed by atoms with Gasteiger partial charge in [-0.15, -0.1) is 12.4 Å². The molecule has 1 saturated heterocycles. The lowest BCUT2D eigenvalue weighted by Crippen LogP contribution is -2.53. The molecular weight excluding hydrogens is 341 g/mol. The Hall–Kier alpha value is -0.830. The first kappa shape index (κ1) is 19.2. The predicted octanol–water partition coefficient (Wildman–Crippen LogP) is 2.27. The quantitative estimate of drug-likeness (QED) is 0.825. The van der Waals surface area contributed by atoms with Crippen LogP contribution in [0.4, 0.5) is 13.2 Å². The first-order valence-electron chi connectivity index (χ1n) is 6.46. The lowest BCUT2D eigenvalue weighted by Gasteiger charge is -2.41. The number of halogens is 4. The van der Waals surface area contributed by atoms with E-state index in [0.29, 0.717) is 12.5 Å². The zero-order valence-corrected chi connectivity index (χ0v) is 13.8. The van der Waals surface area contributed by atoms with E-state index in [1.54, 1.807) is 13.8 Å². The summed E-state index contributed by atoms with van der Waals surface area (Å²) in [5.41, 5.74) is 5.44.